The topological polar surface area (TPSA) is 41.1 Å². The summed E-state index contributed by atoms with van der Waals surface area (Å²) in [6, 6.07) is 2.32. The Hall–Kier alpha value is -0.100. The number of hydrogen-bond donors (Lipinski definition) is 2. The van der Waals surface area contributed by atoms with Gasteiger partial charge in [-0.3, -0.25) is 4.79 Å². The molecule has 1 aromatic heterocycles. The van der Waals surface area contributed by atoms with E-state index in [-0.39, 0.29) is 18.3 Å². The van der Waals surface area contributed by atoms with E-state index in [1.54, 1.807) is 0 Å². The predicted molar refractivity (Wildman–Crippen MR) is 70.4 cm³/mol. The molecule has 1 aromatic rings. The minimum absolute atomic E-state index is 0. The molecule has 6 heteroatoms. The first-order chi connectivity index (χ1) is 7.27. The van der Waals surface area contributed by atoms with Crippen LogP contribution in [0, 0.1) is 11.8 Å². The number of halogens is 2. The summed E-state index contributed by atoms with van der Waals surface area (Å²) in [5.41, 5.74) is 0. The molecule has 3 rings (SSSR count). The first-order valence-electron chi connectivity index (χ1n) is 5.02. The van der Waals surface area contributed by atoms with E-state index in [0.29, 0.717) is 17.9 Å². The van der Waals surface area contributed by atoms with Gasteiger partial charge in [0, 0.05) is 23.6 Å². The van der Waals surface area contributed by atoms with Gasteiger partial charge in [-0.25, -0.2) is 0 Å². The Morgan fingerprint density at radius 3 is 2.75 bits per heavy atom. The number of fused-ring (bicyclic) bond motifs is 1. The van der Waals surface area contributed by atoms with E-state index in [1.807, 2.05) is 11.4 Å². The maximum absolute atomic E-state index is 11.9. The first-order valence-corrected chi connectivity index (χ1v) is 6.69. The Morgan fingerprint density at radius 1 is 1.50 bits per heavy atom. The Morgan fingerprint density at radius 2 is 2.19 bits per heavy atom. The van der Waals surface area contributed by atoms with E-state index in [0.717, 1.165) is 22.4 Å². The molecule has 2 fully saturated rings. The van der Waals surface area contributed by atoms with Crippen LogP contribution < -0.4 is 10.6 Å². The van der Waals surface area contributed by atoms with E-state index in [4.69, 9.17) is 0 Å². The van der Waals surface area contributed by atoms with Crippen LogP contribution in [0.25, 0.3) is 0 Å². The third-order valence-electron chi connectivity index (χ3n) is 3.21. The normalized spacial score (nSPS) is 30.4. The zero-order valence-corrected chi connectivity index (χ0v) is 11.6. The highest BCUT2D eigenvalue weighted by Crippen LogP contribution is 2.41. The lowest BCUT2D eigenvalue weighted by Gasteiger charge is -2.06. The van der Waals surface area contributed by atoms with Crippen molar-refractivity contribution in [2.75, 3.05) is 13.1 Å². The Balaban J connectivity index is 0.000000963. The standard InChI is InChI=1S/C10H11BrN2OS.ClH/c11-7-1-2-15-9(7)10(14)13-8-5-3-12-4-6(5)8;/h1-2,5-6,8,12H,3-4H2,(H,13,14);1H. The summed E-state index contributed by atoms with van der Waals surface area (Å²) in [7, 11) is 0. The Kier molecular flexibility index (Phi) is 3.59. The summed E-state index contributed by atoms with van der Waals surface area (Å²) in [6.07, 6.45) is 0. The lowest BCUT2D eigenvalue weighted by atomic mass is 10.4. The Labute approximate surface area is 113 Å². The molecule has 2 heterocycles. The van der Waals surface area contributed by atoms with E-state index in [2.05, 4.69) is 26.6 Å². The van der Waals surface area contributed by atoms with E-state index in [1.165, 1.54) is 11.3 Å². The van der Waals surface area contributed by atoms with E-state index in [9.17, 15) is 4.79 Å². The molecular formula is C10H12BrClN2OS. The second kappa shape index (κ2) is 4.64. The van der Waals surface area contributed by atoms with Crippen molar-refractivity contribution in [1.29, 1.82) is 0 Å². The molecule has 0 bridgehead atoms. The number of amides is 1. The second-order valence-corrected chi connectivity index (χ2v) is 5.85. The highest BCUT2D eigenvalue weighted by Gasteiger charge is 2.53. The molecule has 16 heavy (non-hydrogen) atoms. The number of hydrogen-bond acceptors (Lipinski definition) is 3. The lowest BCUT2D eigenvalue weighted by Crippen LogP contribution is -2.32. The molecule has 1 saturated carbocycles. The molecule has 3 nitrogen and oxygen atoms in total. The second-order valence-electron chi connectivity index (χ2n) is 4.08. The number of nitrogens with one attached hydrogen (secondary N) is 2. The molecule has 88 valence electrons. The molecule has 1 aliphatic heterocycles. The van der Waals surface area contributed by atoms with Crippen molar-refractivity contribution in [3.8, 4) is 0 Å². The maximum atomic E-state index is 11.9. The number of carbonyl (C=O) groups is 1. The van der Waals surface area contributed by atoms with Crippen LogP contribution in [0.2, 0.25) is 0 Å². The van der Waals surface area contributed by atoms with Crippen LogP contribution >= 0.6 is 39.7 Å². The minimum atomic E-state index is 0. The third kappa shape index (κ3) is 2.01. The molecule has 0 aromatic carbocycles. The van der Waals surface area contributed by atoms with Crippen molar-refractivity contribution in [2.24, 2.45) is 11.8 Å². The lowest BCUT2D eigenvalue weighted by molar-refractivity contribution is 0.0950. The van der Waals surface area contributed by atoms with Crippen LogP contribution in [0.1, 0.15) is 9.67 Å². The maximum Gasteiger partial charge on any atom is 0.262 e. The smallest absolute Gasteiger partial charge is 0.262 e. The first kappa shape index (κ1) is 12.4. The average Bonchev–Trinajstić information content (AvgIpc) is 2.66. The molecular weight excluding hydrogens is 312 g/mol. The zero-order valence-electron chi connectivity index (χ0n) is 8.40. The average molecular weight is 324 g/mol. The highest BCUT2D eigenvalue weighted by atomic mass is 79.9. The van der Waals surface area contributed by atoms with Crippen LogP contribution in [0.15, 0.2) is 15.9 Å². The fourth-order valence-corrected chi connectivity index (χ4v) is 3.76. The van der Waals surface area contributed by atoms with E-state index >= 15 is 0 Å². The van der Waals surface area contributed by atoms with Crippen molar-refractivity contribution >= 4 is 45.6 Å². The molecule has 2 unspecified atom stereocenters. The van der Waals surface area contributed by atoms with Crippen LogP contribution in [0.5, 0.6) is 0 Å². The van der Waals surface area contributed by atoms with Crippen molar-refractivity contribution in [2.45, 2.75) is 6.04 Å². The van der Waals surface area contributed by atoms with Crippen molar-refractivity contribution in [1.82, 2.24) is 10.6 Å². The van der Waals surface area contributed by atoms with Gasteiger partial charge in [0.1, 0.15) is 4.88 Å². The number of carbonyl (C=O) groups excluding carboxylic acids is 1. The van der Waals surface area contributed by atoms with Gasteiger partial charge in [-0.2, -0.15) is 0 Å². The summed E-state index contributed by atoms with van der Waals surface area (Å²) >= 11 is 4.86. The summed E-state index contributed by atoms with van der Waals surface area (Å²) in [4.78, 5) is 12.6. The van der Waals surface area contributed by atoms with Crippen molar-refractivity contribution in [3.63, 3.8) is 0 Å². The fraction of sp³-hybridized carbons (Fsp3) is 0.500. The van der Waals surface area contributed by atoms with Crippen LogP contribution in [-0.2, 0) is 0 Å². The summed E-state index contributed by atoms with van der Waals surface area (Å²) in [5.74, 6) is 1.41. The van der Waals surface area contributed by atoms with Gasteiger partial charge in [-0.1, -0.05) is 0 Å². The van der Waals surface area contributed by atoms with Crippen LogP contribution in [0.3, 0.4) is 0 Å². The van der Waals surface area contributed by atoms with Gasteiger partial charge in [-0.05, 0) is 39.2 Å². The fourth-order valence-electron chi connectivity index (χ4n) is 2.31. The molecule has 1 aliphatic carbocycles. The van der Waals surface area contributed by atoms with Gasteiger partial charge in [0.15, 0.2) is 0 Å². The molecule has 1 saturated heterocycles. The number of thiophene rings is 1. The van der Waals surface area contributed by atoms with Gasteiger partial charge in [-0.15, -0.1) is 23.7 Å². The molecule has 0 radical (unpaired) electrons. The van der Waals surface area contributed by atoms with Crippen molar-refractivity contribution in [3.05, 3.63) is 20.8 Å². The number of piperidine rings is 1. The van der Waals surface area contributed by atoms with Gasteiger partial charge < -0.3 is 10.6 Å². The number of rotatable bonds is 2. The summed E-state index contributed by atoms with van der Waals surface area (Å²) < 4.78 is 0.897. The van der Waals surface area contributed by atoms with E-state index < -0.39 is 0 Å². The summed E-state index contributed by atoms with van der Waals surface area (Å²) in [6.45, 7) is 2.11. The Bertz CT molecular complexity index is 401. The molecule has 2 atom stereocenters. The molecule has 2 N–H and O–H groups in total. The summed E-state index contributed by atoms with van der Waals surface area (Å²) in [5, 5.41) is 8.34. The molecule has 0 spiro atoms. The monoisotopic (exact) mass is 322 g/mol. The quantitative estimate of drug-likeness (QED) is 0.872. The predicted octanol–water partition coefficient (Wildman–Crippen LogP) is 1.88. The van der Waals surface area contributed by atoms with Crippen molar-refractivity contribution < 1.29 is 4.79 Å². The minimum Gasteiger partial charge on any atom is -0.348 e. The highest BCUT2D eigenvalue weighted by molar-refractivity contribution is 9.10. The van der Waals surface area contributed by atoms with Gasteiger partial charge in [0.2, 0.25) is 0 Å². The van der Waals surface area contributed by atoms with Gasteiger partial charge in [0.05, 0.1) is 0 Å². The van der Waals surface area contributed by atoms with Crippen LogP contribution in [0.4, 0.5) is 0 Å². The third-order valence-corrected chi connectivity index (χ3v) is 5.05. The van der Waals surface area contributed by atoms with Gasteiger partial charge >= 0.3 is 0 Å². The van der Waals surface area contributed by atoms with Crippen LogP contribution in [-0.4, -0.2) is 25.0 Å². The largest absolute Gasteiger partial charge is 0.348 e. The molecule has 2 aliphatic rings. The molecule has 1 amide bonds. The van der Waals surface area contributed by atoms with Gasteiger partial charge in [0.25, 0.3) is 5.91 Å². The SMILES string of the molecule is Cl.O=C(NC1C2CNCC21)c1sccc1Br. The zero-order chi connectivity index (χ0) is 10.4.